The SMILES string of the molecule is CN1CCCC(Nc2ccc(C#N)c([N+](=O)[O-])c2)C1. The molecule has 0 aliphatic carbocycles. The molecule has 0 aromatic heterocycles. The lowest BCUT2D eigenvalue weighted by molar-refractivity contribution is -0.385. The molecule has 1 aromatic rings. The molecule has 0 amide bonds. The van der Waals surface area contributed by atoms with E-state index in [0.29, 0.717) is 11.7 Å². The Morgan fingerprint density at radius 2 is 2.37 bits per heavy atom. The van der Waals surface area contributed by atoms with E-state index in [1.54, 1.807) is 6.07 Å². The average Bonchev–Trinajstić information content (AvgIpc) is 2.38. The molecule has 1 fully saturated rings. The minimum Gasteiger partial charge on any atom is -0.381 e. The van der Waals surface area contributed by atoms with Gasteiger partial charge in [0.25, 0.3) is 5.69 Å². The number of benzene rings is 1. The van der Waals surface area contributed by atoms with Gasteiger partial charge in [0, 0.05) is 24.3 Å². The molecule has 0 bridgehead atoms. The molecule has 19 heavy (non-hydrogen) atoms. The van der Waals surface area contributed by atoms with Crippen LogP contribution in [0.1, 0.15) is 18.4 Å². The molecule has 1 unspecified atom stereocenters. The second-order valence-electron chi connectivity index (χ2n) is 4.85. The number of nitrogens with one attached hydrogen (secondary N) is 1. The van der Waals surface area contributed by atoms with Crippen molar-refractivity contribution in [2.45, 2.75) is 18.9 Å². The predicted molar refractivity (Wildman–Crippen MR) is 72.0 cm³/mol. The highest BCUT2D eigenvalue weighted by Gasteiger charge is 2.19. The molecule has 0 saturated carbocycles. The van der Waals surface area contributed by atoms with Crippen LogP contribution in [0, 0.1) is 21.4 Å². The van der Waals surface area contributed by atoms with Crippen molar-refractivity contribution in [1.29, 1.82) is 5.26 Å². The summed E-state index contributed by atoms with van der Waals surface area (Å²) in [5, 5.41) is 23.0. The third kappa shape index (κ3) is 3.20. The van der Waals surface area contributed by atoms with Crippen LogP contribution in [-0.2, 0) is 0 Å². The van der Waals surface area contributed by atoms with Crippen LogP contribution in [0.15, 0.2) is 18.2 Å². The van der Waals surface area contributed by atoms with Gasteiger partial charge in [0.2, 0.25) is 0 Å². The number of hydrogen-bond acceptors (Lipinski definition) is 5. The van der Waals surface area contributed by atoms with Crippen molar-refractivity contribution in [3.05, 3.63) is 33.9 Å². The number of likely N-dealkylation sites (tertiary alicyclic amines) is 1. The van der Waals surface area contributed by atoms with Crippen LogP contribution >= 0.6 is 0 Å². The summed E-state index contributed by atoms with van der Waals surface area (Å²) in [6.45, 7) is 2.01. The largest absolute Gasteiger partial charge is 0.381 e. The van der Waals surface area contributed by atoms with E-state index < -0.39 is 4.92 Å². The summed E-state index contributed by atoms with van der Waals surface area (Å²) in [5.41, 5.74) is 0.652. The van der Waals surface area contributed by atoms with Crippen LogP contribution < -0.4 is 5.32 Å². The van der Waals surface area contributed by atoms with Crippen LogP contribution in [0.2, 0.25) is 0 Å². The van der Waals surface area contributed by atoms with Gasteiger partial charge < -0.3 is 10.2 Å². The molecule has 100 valence electrons. The van der Waals surface area contributed by atoms with Crippen LogP contribution in [0.5, 0.6) is 0 Å². The van der Waals surface area contributed by atoms with Crippen LogP contribution in [0.4, 0.5) is 11.4 Å². The molecule has 1 aliphatic heterocycles. The molecule has 1 N–H and O–H groups in total. The number of hydrogen-bond donors (Lipinski definition) is 1. The van der Waals surface area contributed by atoms with Gasteiger partial charge in [-0.25, -0.2) is 0 Å². The van der Waals surface area contributed by atoms with E-state index in [9.17, 15) is 10.1 Å². The van der Waals surface area contributed by atoms with Crippen molar-refractivity contribution >= 4 is 11.4 Å². The van der Waals surface area contributed by atoms with Gasteiger partial charge in [0.15, 0.2) is 0 Å². The Bertz CT molecular complexity index is 524. The summed E-state index contributed by atoms with van der Waals surface area (Å²) < 4.78 is 0. The molecule has 6 heteroatoms. The lowest BCUT2D eigenvalue weighted by atomic mass is 10.1. The summed E-state index contributed by atoms with van der Waals surface area (Å²) in [6.07, 6.45) is 2.17. The van der Waals surface area contributed by atoms with Crippen LogP contribution in [0.25, 0.3) is 0 Å². The monoisotopic (exact) mass is 260 g/mol. The maximum atomic E-state index is 10.9. The van der Waals surface area contributed by atoms with Gasteiger partial charge in [-0.05, 0) is 38.6 Å². The minimum atomic E-state index is -0.517. The van der Waals surface area contributed by atoms with Crippen molar-refractivity contribution < 1.29 is 4.92 Å². The van der Waals surface area contributed by atoms with Gasteiger partial charge in [0.1, 0.15) is 11.6 Å². The summed E-state index contributed by atoms with van der Waals surface area (Å²) >= 11 is 0. The first-order chi connectivity index (χ1) is 9.10. The predicted octanol–water partition coefficient (Wildman–Crippen LogP) is 1.97. The first-order valence-electron chi connectivity index (χ1n) is 6.24. The molecule has 1 saturated heterocycles. The first-order valence-corrected chi connectivity index (χ1v) is 6.24. The highest BCUT2D eigenvalue weighted by atomic mass is 16.6. The van der Waals surface area contributed by atoms with Crippen molar-refractivity contribution in [3.63, 3.8) is 0 Å². The highest BCUT2D eigenvalue weighted by molar-refractivity contribution is 5.59. The van der Waals surface area contributed by atoms with Crippen molar-refractivity contribution in [3.8, 4) is 6.07 Å². The Balaban J connectivity index is 2.15. The Morgan fingerprint density at radius 1 is 1.58 bits per heavy atom. The van der Waals surface area contributed by atoms with Gasteiger partial charge >= 0.3 is 0 Å². The zero-order chi connectivity index (χ0) is 13.8. The van der Waals surface area contributed by atoms with E-state index in [2.05, 4.69) is 17.3 Å². The van der Waals surface area contributed by atoms with E-state index in [-0.39, 0.29) is 11.3 Å². The quantitative estimate of drug-likeness (QED) is 0.663. The van der Waals surface area contributed by atoms with Gasteiger partial charge in [-0.3, -0.25) is 10.1 Å². The maximum Gasteiger partial charge on any atom is 0.289 e. The Kier molecular flexibility index (Phi) is 3.97. The topological polar surface area (TPSA) is 82.2 Å². The third-order valence-electron chi connectivity index (χ3n) is 3.31. The number of nitrogens with zero attached hydrogens (tertiary/aromatic N) is 3. The number of anilines is 1. The fraction of sp³-hybridized carbons (Fsp3) is 0.462. The minimum absolute atomic E-state index is 0.0938. The standard InChI is InChI=1S/C13H16N4O2/c1-16-6-2-3-12(9-16)15-11-5-4-10(8-14)13(7-11)17(18)19/h4-5,7,12,15H,2-3,6,9H2,1H3. The molecule has 2 rings (SSSR count). The molecule has 0 spiro atoms. The smallest absolute Gasteiger partial charge is 0.289 e. The lowest BCUT2D eigenvalue weighted by Crippen LogP contribution is -2.39. The Morgan fingerprint density at radius 3 is 3.00 bits per heavy atom. The molecule has 6 nitrogen and oxygen atoms in total. The van der Waals surface area contributed by atoms with Gasteiger partial charge in [-0.1, -0.05) is 0 Å². The normalized spacial score (nSPS) is 19.7. The molecule has 1 aromatic carbocycles. The number of piperidine rings is 1. The maximum absolute atomic E-state index is 10.9. The number of nitriles is 1. The van der Waals surface area contributed by atoms with Gasteiger partial charge in [-0.2, -0.15) is 5.26 Å². The number of nitro benzene ring substituents is 1. The first kappa shape index (κ1) is 13.3. The van der Waals surface area contributed by atoms with Crippen LogP contribution in [-0.4, -0.2) is 36.0 Å². The number of rotatable bonds is 3. The fourth-order valence-electron chi connectivity index (χ4n) is 2.39. The Labute approximate surface area is 111 Å². The zero-order valence-electron chi connectivity index (χ0n) is 10.8. The highest BCUT2D eigenvalue weighted by Crippen LogP contribution is 2.24. The molecular weight excluding hydrogens is 244 g/mol. The third-order valence-corrected chi connectivity index (χ3v) is 3.31. The fourth-order valence-corrected chi connectivity index (χ4v) is 2.39. The van der Waals surface area contributed by atoms with Crippen LogP contribution in [0.3, 0.4) is 0 Å². The lowest BCUT2D eigenvalue weighted by Gasteiger charge is -2.30. The second kappa shape index (κ2) is 5.67. The summed E-state index contributed by atoms with van der Waals surface area (Å²) in [5.74, 6) is 0. The summed E-state index contributed by atoms with van der Waals surface area (Å²) in [7, 11) is 2.06. The number of likely N-dealkylation sites (N-methyl/N-ethyl adjacent to an activating group) is 1. The van der Waals surface area contributed by atoms with Gasteiger partial charge in [-0.15, -0.1) is 0 Å². The molecule has 0 radical (unpaired) electrons. The molecule has 1 aliphatic rings. The summed E-state index contributed by atoms with van der Waals surface area (Å²) in [4.78, 5) is 12.6. The van der Waals surface area contributed by atoms with E-state index in [4.69, 9.17) is 5.26 Å². The van der Waals surface area contributed by atoms with Crippen molar-refractivity contribution in [2.24, 2.45) is 0 Å². The molecular formula is C13H16N4O2. The zero-order valence-corrected chi connectivity index (χ0v) is 10.8. The Hall–Kier alpha value is -2.13. The van der Waals surface area contributed by atoms with E-state index in [0.717, 1.165) is 25.9 Å². The summed E-state index contributed by atoms with van der Waals surface area (Å²) in [6, 6.07) is 6.79. The van der Waals surface area contributed by atoms with Crippen molar-refractivity contribution in [1.82, 2.24) is 4.90 Å². The molecule has 1 atom stereocenters. The molecule has 1 heterocycles. The van der Waals surface area contributed by atoms with Crippen molar-refractivity contribution in [2.75, 3.05) is 25.5 Å². The van der Waals surface area contributed by atoms with E-state index in [1.165, 1.54) is 12.1 Å². The second-order valence-corrected chi connectivity index (χ2v) is 4.85. The average molecular weight is 260 g/mol. The van der Waals surface area contributed by atoms with Gasteiger partial charge in [0.05, 0.1) is 4.92 Å². The van der Waals surface area contributed by atoms with E-state index >= 15 is 0 Å². The van der Waals surface area contributed by atoms with E-state index in [1.807, 2.05) is 6.07 Å². The number of nitro groups is 1.